The van der Waals surface area contributed by atoms with E-state index in [2.05, 4.69) is 4.90 Å². The van der Waals surface area contributed by atoms with Crippen molar-refractivity contribution >= 4 is 0 Å². The summed E-state index contributed by atoms with van der Waals surface area (Å²) in [6, 6.07) is 4.70. The average molecular weight is 282 g/mol. The van der Waals surface area contributed by atoms with Gasteiger partial charge in [0.25, 0.3) is 0 Å². The lowest BCUT2D eigenvalue weighted by Gasteiger charge is -2.33. The van der Waals surface area contributed by atoms with Gasteiger partial charge in [0, 0.05) is 26.2 Å². The average Bonchev–Trinajstić information content (AvgIpc) is 2.47. The molecular weight excluding hydrogens is 259 g/mol. The van der Waals surface area contributed by atoms with E-state index in [1.54, 1.807) is 13.2 Å². The Hall–Kier alpha value is -1.17. The van der Waals surface area contributed by atoms with E-state index in [0.29, 0.717) is 6.54 Å². The maximum Gasteiger partial charge on any atom is 0.165 e. The van der Waals surface area contributed by atoms with Gasteiger partial charge in [0.2, 0.25) is 0 Å². The third-order valence-electron chi connectivity index (χ3n) is 3.85. The van der Waals surface area contributed by atoms with E-state index in [9.17, 15) is 4.39 Å². The molecule has 4 nitrogen and oxygen atoms in total. The van der Waals surface area contributed by atoms with E-state index < -0.39 is 0 Å². The summed E-state index contributed by atoms with van der Waals surface area (Å²) in [5.41, 5.74) is 6.98. The zero-order valence-electron chi connectivity index (χ0n) is 12.1. The van der Waals surface area contributed by atoms with Gasteiger partial charge in [0.15, 0.2) is 11.6 Å². The number of rotatable bonds is 5. The molecular formula is C15H23FN2O2. The van der Waals surface area contributed by atoms with Crippen LogP contribution in [0.15, 0.2) is 18.2 Å². The molecule has 1 fully saturated rings. The molecule has 1 heterocycles. The summed E-state index contributed by atoms with van der Waals surface area (Å²) in [5, 5.41) is 0. The number of hydrogen-bond donors (Lipinski definition) is 1. The molecule has 2 atom stereocenters. The Labute approximate surface area is 119 Å². The van der Waals surface area contributed by atoms with Crippen LogP contribution in [0.25, 0.3) is 0 Å². The molecule has 1 aromatic carbocycles. The number of halogens is 1. The van der Waals surface area contributed by atoms with Crippen LogP contribution in [-0.2, 0) is 4.74 Å². The molecule has 2 N–H and O–H groups in total. The second-order valence-electron chi connectivity index (χ2n) is 5.26. The quantitative estimate of drug-likeness (QED) is 0.896. The van der Waals surface area contributed by atoms with Crippen molar-refractivity contribution in [1.29, 1.82) is 0 Å². The SMILES string of the molecule is COc1ccc(C(N)CN2CCCC(OC)C2)cc1F. The van der Waals surface area contributed by atoms with E-state index in [1.807, 2.05) is 6.07 Å². The summed E-state index contributed by atoms with van der Waals surface area (Å²) in [6.07, 6.45) is 2.49. The van der Waals surface area contributed by atoms with Crippen LogP contribution in [0.3, 0.4) is 0 Å². The van der Waals surface area contributed by atoms with Crippen molar-refractivity contribution in [3.8, 4) is 5.75 Å². The Balaban J connectivity index is 1.97. The summed E-state index contributed by atoms with van der Waals surface area (Å²) in [6.45, 7) is 2.63. The summed E-state index contributed by atoms with van der Waals surface area (Å²) in [5.74, 6) is -0.118. The highest BCUT2D eigenvalue weighted by atomic mass is 19.1. The maximum atomic E-state index is 13.7. The number of piperidine rings is 1. The standard InChI is InChI=1S/C15H23FN2O2/c1-19-12-4-3-7-18(9-12)10-14(17)11-5-6-15(20-2)13(16)8-11/h5-6,8,12,14H,3-4,7,9-10,17H2,1-2H3. The lowest BCUT2D eigenvalue weighted by atomic mass is 10.0. The first-order chi connectivity index (χ1) is 9.63. The minimum Gasteiger partial charge on any atom is -0.494 e. The van der Waals surface area contributed by atoms with Gasteiger partial charge in [-0.1, -0.05) is 6.07 Å². The van der Waals surface area contributed by atoms with Crippen LogP contribution in [0.2, 0.25) is 0 Å². The minimum absolute atomic E-state index is 0.203. The number of likely N-dealkylation sites (tertiary alicyclic amines) is 1. The van der Waals surface area contributed by atoms with Crippen LogP contribution in [0.1, 0.15) is 24.4 Å². The molecule has 1 saturated heterocycles. The maximum absolute atomic E-state index is 13.7. The van der Waals surface area contributed by atoms with Gasteiger partial charge in [-0.15, -0.1) is 0 Å². The Morgan fingerprint density at radius 1 is 1.45 bits per heavy atom. The fraction of sp³-hybridized carbons (Fsp3) is 0.600. The smallest absolute Gasteiger partial charge is 0.165 e. The molecule has 20 heavy (non-hydrogen) atoms. The van der Waals surface area contributed by atoms with Crippen LogP contribution in [-0.4, -0.2) is 44.9 Å². The van der Waals surface area contributed by atoms with Crippen LogP contribution in [0.4, 0.5) is 4.39 Å². The Kier molecular flexibility index (Phi) is 5.34. The molecule has 0 amide bonds. The van der Waals surface area contributed by atoms with E-state index in [4.69, 9.17) is 15.2 Å². The number of ether oxygens (including phenoxy) is 2. The third kappa shape index (κ3) is 3.69. The van der Waals surface area contributed by atoms with Crippen LogP contribution >= 0.6 is 0 Å². The summed E-state index contributed by atoms with van der Waals surface area (Å²) in [4.78, 5) is 2.28. The Morgan fingerprint density at radius 2 is 2.25 bits per heavy atom. The molecule has 0 bridgehead atoms. The number of benzene rings is 1. The second kappa shape index (κ2) is 7.02. The summed E-state index contributed by atoms with van der Waals surface area (Å²) in [7, 11) is 3.20. The van der Waals surface area contributed by atoms with Crippen molar-refractivity contribution < 1.29 is 13.9 Å². The number of nitrogens with two attached hydrogens (primary N) is 1. The van der Waals surface area contributed by atoms with E-state index in [1.165, 1.54) is 13.2 Å². The van der Waals surface area contributed by atoms with E-state index in [-0.39, 0.29) is 23.7 Å². The Morgan fingerprint density at radius 3 is 2.90 bits per heavy atom. The van der Waals surface area contributed by atoms with Gasteiger partial charge < -0.3 is 15.2 Å². The molecule has 1 aliphatic rings. The predicted octanol–water partition coefficient (Wildman–Crippen LogP) is 1.94. The number of hydrogen-bond acceptors (Lipinski definition) is 4. The van der Waals surface area contributed by atoms with Crippen molar-refractivity contribution in [1.82, 2.24) is 4.90 Å². The van der Waals surface area contributed by atoms with Crippen molar-refractivity contribution in [2.45, 2.75) is 25.0 Å². The highest BCUT2D eigenvalue weighted by Crippen LogP contribution is 2.22. The van der Waals surface area contributed by atoms with Gasteiger partial charge in [-0.3, -0.25) is 4.90 Å². The van der Waals surface area contributed by atoms with Gasteiger partial charge in [-0.05, 0) is 37.1 Å². The first-order valence-electron chi connectivity index (χ1n) is 6.98. The summed E-state index contributed by atoms with van der Waals surface area (Å²) >= 11 is 0. The second-order valence-corrected chi connectivity index (χ2v) is 5.26. The first kappa shape index (κ1) is 15.2. The predicted molar refractivity (Wildman–Crippen MR) is 76.4 cm³/mol. The van der Waals surface area contributed by atoms with Gasteiger partial charge >= 0.3 is 0 Å². The van der Waals surface area contributed by atoms with E-state index in [0.717, 1.165) is 31.5 Å². The number of nitrogens with zero attached hydrogens (tertiary/aromatic N) is 1. The van der Waals surface area contributed by atoms with Crippen LogP contribution in [0, 0.1) is 5.82 Å². The topological polar surface area (TPSA) is 47.7 Å². The fourth-order valence-electron chi connectivity index (χ4n) is 2.67. The highest BCUT2D eigenvalue weighted by molar-refractivity contribution is 5.31. The Bertz CT molecular complexity index is 442. The molecule has 0 radical (unpaired) electrons. The van der Waals surface area contributed by atoms with Gasteiger partial charge in [-0.2, -0.15) is 0 Å². The molecule has 0 aromatic heterocycles. The molecule has 112 valence electrons. The largest absolute Gasteiger partial charge is 0.494 e. The molecule has 0 spiro atoms. The first-order valence-corrected chi connectivity index (χ1v) is 6.98. The highest BCUT2D eigenvalue weighted by Gasteiger charge is 2.21. The van der Waals surface area contributed by atoms with Crippen LogP contribution in [0.5, 0.6) is 5.75 Å². The van der Waals surface area contributed by atoms with Crippen molar-refractivity contribution in [3.05, 3.63) is 29.6 Å². The lowest BCUT2D eigenvalue weighted by molar-refractivity contribution is 0.0294. The third-order valence-corrected chi connectivity index (χ3v) is 3.85. The lowest BCUT2D eigenvalue weighted by Crippen LogP contribution is -2.42. The normalized spacial score (nSPS) is 21.7. The monoisotopic (exact) mass is 282 g/mol. The van der Waals surface area contributed by atoms with Gasteiger partial charge in [0.05, 0.1) is 13.2 Å². The molecule has 0 saturated carbocycles. The van der Waals surface area contributed by atoms with Crippen molar-refractivity contribution in [2.24, 2.45) is 5.73 Å². The molecule has 5 heteroatoms. The molecule has 0 aliphatic carbocycles. The van der Waals surface area contributed by atoms with Gasteiger partial charge in [-0.25, -0.2) is 4.39 Å². The fourth-order valence-corrected chi connectivity index (χ4v) is 2.67. The van der Waals surface area contributed by atoms with Crippen molar-refractivity contribution in [2.75, 3.05) is 33.9 Å². The summed E-state index contributed by atoms with van der Waals surface area (Å²) < 4.78 is 24.0. The van der Waals surface area contributed by atoms with E-state index >= 15 is 0 Å². The molecule has 2 unspecified atom stereocenters. The molecule has 2 rings (SSSR count). The van der Waals surface area contributed by atoms with Gasteiger partial charge in [0.1, 0.15) is 0 Å². The molecule has 1 aromatic rings. The van der Waals surface area contributed by atoms with Crippen LogP contribution < -0.4 is 10.5 Å². The van der Waals surface area contributed by atoms with Crippen molar-refractivity contribution in [3.63, 3.8) is 0 Å². The zero-order chi connectivity index (χ0) is 14.5. The molecule has 1 aliphatic heterocycles. The minimum atomic E-state index is -0.367. The zero-order valence-corrected chi connectivity index (χ0v) is 12.1. The number of methoxy groups -OCH3 is 2.